The fourth-order valence-corrected chi connectivity index (χ4v) is 3.16. The molecule has 3 heterocycles. The molecule has 3 rings (SSSR count). The molecule has 2 aromatic rings. The van der Waals surface area contributed by atoms with Gasteiger partial charge in [0.05, 0.1) is 11.6 Å². The highest BCUT2D eigenvalue weighted by Gasteiger charge is 2.19. The van der Waals surface area contributed by atoms with Gasteiger partial charge in [-0.25, -0.2) is 9.97 Å². The second-order valence-electron chi connectivity index (χ2n) is 6.06. The Hall–Kier alpha value is -1.22. The number of likely N-dealkylation sites (tertiary alicyclic amines) is 1. The zero-order chi connectivity index (χ0) is 17.7. The van der Waals surface area contributed by atoms with Crippen molar-refractivity contribution in [1.82, 2.24) is 19.9 Å². The number of fused-ring (bicyclic) bond motifs is 1. The molecule has 0 aromatic carbocycles. The van der Waals surface area contributed by atoms with Crippen molar-refractivity contribution in [3.8, 4) is 0 Å². The lowest BCUT2D eigenvalue weighted by molar-refractivity contribution is 0.175. The van der Waals surface area contributed by atoms with E-state index in [4.69, 9.17) is 16.2 Å². The predicted molar refractivity (Wildman–Crippen MR) is 94.7 cm³/mol. The molecule has 0 radical (unpaired) electrons. The topological polar surface area (TPSA) is 99.2 Å². The van der Waals surface area contributed by atoms with E-state index < -0.39 is 10.1 Å². The normalized spacial score (nSPS) is 16.8. The van der Waals surface area contributed by atoms with E-state index >= 15 is 0 Å². The fraction of sp³-hybridized carbons (Fsp3) is 0.600. The molecule has 2 N–H and O–H groups in total. The lowest BCUT2D eigenvalue weighted by Gasteiger charge is -2.31. The molecule has 9 heteroatoms. The molecule has 0 atom stereocenters. The standard InChI is InChI=1S/C14H19ClN4.CH4O3S/c1-2-10-3-5-19(6-4-10)8-11-7-16-14-12(11)13(15)17-9-18-14;1-5(2,3)4/h7,9-10H,2-6,8H2,1H3,(H,16,17,18);1H3,(H,2,3,4). The summed E-state index contributed by atoms with van der Waals surface area (Å²) in [5, 5.41) is 1.52. The first-order valence-corrected chi connectivity index (χ1v) is 10.1. The van der Waals surface area contributed by atoms with Crippen LogP contribution in [0.25, 0.3) is 11.0 Å². The first kappa shape index (κ1) is 19.1. The molecule has 134 valence electrons. The lowest BCUT2D eigenvalue weighted by atomic mass is 9.94. The quantitative estimate of drug-likeness (QED) is 0.633. The summed E-state index contributed by atoms with van der Waals surface area (Å²) >= 11 is 6.18. The van der Waals surface area contributed by atoms with Gasteiger partial charge in [0.15, 0.2) is 0 Å². The van der Waals surface area contributed by atoms with Crippen LogP contribution in [-0.2, 0) is 16.7 Å². The van der Waals surface area contributed by atoms with Crippen molar-refractivity contribution in [2.75, 3.05) is 19.3 Å². The summed E-state index contributed by atoms with van der Waals surface area (Å²) < 4.78 is 25.9. The maximum Gasteiger partial charge on any atom is 0.261 e. The van der Waals surface area contributed by atoms with Crippen molar-refractivity contribution in [3.05, 3.63) is 23.2 Å². The van der Waals surface area contributed by atoms with Crippen LogP contribution in [0.1, 0.15) is 31.7 Å². The van der Waals surface area contributed by atoms with Crippen LogP contribution in [-0.4, -0.2) is 52.2 Å². The Labute approximate surface area is 147 Å². The Kier molecular flexibility index (Phi) is 6.56. The summed E-state index contributed by atoms with van der Waals surface area (Å²) in [6, 6.07) is 0. The van der Waals surface area contributed by atoms with Crippen molar-refractivity contribution in [2.45, 2.75) is 32.7 Å². The van der Waals surface area contributed by atoms with Gasteiger partial charge in [-0.05, 0) is 37.4 Å². The monoisotopic (exact) mass is 374 g/mol. The van der Waals surface area contributed by atoms with Gasteiger partial charge in [0.1, 0.15) is 17.1 Å². The van der Waals surface area contributed by atoms with Gasteiger partial charge in [-0.1, -0.05) is 24.9 Å². The third-order valence-electron chi connectivity index (χ3n) is 4.18. The minimum Gasteiger partial charge on any atom is -0.346 e. The van der Waals surface area contributed by atoms with E-state index in [2.05, 4.69) is 26.8 Å². The SMILES string of the molecule is CCC1CCN(Cc2c[nH]c3ncnc(Cl)c23)CC1.CS(=O)(=O)O. The Bertz CT molecular complexity index is 762. The first-order chi connectivity index (χ1) is 11.3. The largest absolute Gasteiger partial charge is 0.346 e. The zero-order valence-corrected chi connectivity index (χ0v) is 15.4. The number of halogens is 1. The zero-order valence-electron chi connectivity index (χ0n) is 13.9. The number of piperidine rings is 1. The van der Waals surface area contributed by atoms with Gasteiger partial charge in [0, 0.05) is 12.7 Å². The smallest absolute Gasteiger partial charge is 0.261 e. The number of nitrogens with one attached hydrogen (secondary N) is 1. The number of hydrogen-bond acceptors (Lipinski definition) is 5. The van der Waals surface area contributed by atoms with Crippen molar-refractivity contribution in [2.24, 2.45) is 5.92 Å². The second kappa shape index (κ2) is 8.24. The fourth-order valence-electron chi connectivity index (χ4n) is 2.90. The van der Waals surface area contributed by atoms with Crippen LogP contribution in [0, 0.1) is 5.92 Å². The van der Waals surface area contributed by atoms with Gasteiger partial charge >= 0.3 is 0 Å². The highest BCUT2D eigenvalue weighted by atomic mass is 35.5. The van der Waals surface area contributed by atoms with E-state index in [0.717, 1.165) is 23.5 Å². The summed E-state index contributed by atoms with van der Waals surface area (Å²) in [5.41, 5.74) is 2.04. The molecule has 1 fully saturated rings. The number of H-pyrrole nitrogens is 1. The van der Waals surface area contributed by atoms with Crippen molar-refractivity contribution >= 4 is 32.8 Å². The molecule has 1 aliphatic rings. The Morgan fingerprint density at radius 1 is 1.38 bits per heavy atom. The molecule has 24 heavy (non-hydrogen) atoms. The van der Waals surface area contributed by atoms with E-state index in [9.17, 15) is 8.42 Å². The summed E-state index contributed by atoms with van der Waals surface area (Å²) in [5.74, 6) is 0.908. The molecule has 7 nitrogen and oxygen atoms in total. The molecule has 0 amide bonds. The summed E-state index contributed by atoms with van der Waals surface area (Å²) in [6.45, 7) is 5.58. The van der Waals surface area contributed by atoms with Crippen LogP contribution in [0.4, 0.5) is 0 Å². The first-order valence-electron chi connectivity index (χ1n) is 7.89. The number of rotatable bonds is 3. The number of nitrogens with zero attached hydrogens (tertiary/aromatic N) is 3. The Balaban J connectivity index is 0.000000368. The maximum absolute atomic E-state index is 9.19. The summed E-state index contributed by atoms with van der Waals surface area (Å²) in [7, 11) is -3.67. The van der Waals surface area contributed by atoms with Crippen LogP contribution < -0.4 is 0 Å². The van der Waals surface area contributed by atoms with E-state index in [1.807, 2.05) is 6.20 Å². The molecule has 0 aliphatic carbocycles. The van der Waals surface area contributed by atoms with Crippen molar-refractivity contribution in [3.63, 3.8) is 0 Å². The minimum absolute atomic E-state index is 0.546. The predicted octanol–water partition coefficient (Wildman–Crippen LogP) is 2.74. The minimum atomic E-state index is -3.67. The molecular formula is C15H23ClN4O3S. The van der Waals surface area contributed by atoms with E-state index in [-0.39, 0.29) is 0 Å². The van der Waals surface area contributed by atoms with Crippen LogP contribution in [0.15, 0.2) is 12.5 Å². The molecule has 1 saturated heterocycles. The molecule has 0 spiro atoms. The van der Waals surface area contributed by atoms with Crippen LogP contribution in [0.2, 0.25) is 5.15 Å². The van der Waals surface area contributed by atoms with Gasteiger partial charge in [-0.2, -0.15) is 8.42 Å². The van der Waals surface area contributed by atoms with E-state index in [1.54, 1.807) is 0 Å². The van der Waals surface area contributed by atoms with Gasteiger partial charge in [-0.15, -0.1) is 0 Å². The Morgan fingerprint density at radius 3 is 2.58 bits per heavy atom. The average Bonchev–Trinajstić information content (AvgIpc) is 2.91. The Morgan fingerprint density at radius 2 is 2.00 bits per heavy atom. The van der Waals surface area contributed by atoms with Gasteiger partial charge in [0.2, 0.25) is 0 Å². The highest BCUT2D eigenvalue weighted by Crippen LogP contribution is 2.26. The van der Waals surface area contributed by atoms with Gasteiger partial charge in [0.25, 0.3) is 10.1 Å². The average molecular weight is 375 g/mol. The van der Waals surface area contributed by atoms with Crippen molar-refractivity contribution in [1.29, 1.82) is 0 Å². The van der Waals surface area contributed by atoms with Crippen LogP contribution >= 0.6 is 11.6 Å². The second-order valence-corrected chi connectivity index (χ2v) is 7.89. The number of aromatic amines is 1. The third-order valence-corrected chi connectivity index (χ3v) is 4.47. The number of hydrogen-bond donors (Lipinski definition) is 2. The highest BCUT2D eigenvalue weighted by molar-refractivity contribution is 7.85. The number of aromatic nitrogens is 3. The van der Waals surface area contributed by atoms with E-state index in [0.29, 0.717) is 11.4 Å². The third kappa shape index (κ3) is 5.70. The molecule has 0 unspecified atom stereocenters. The summed E-state index contributed by atoms with van der Waals surface area (Å²) in [6.07, 6.45) is 8.15. The van der Waals surface area contributed by atoms with Crippen LogP contribution in [0.5, 0.6) is 0 Å². The van der Waals surface area contributed by atoms with Gasteiger partial charge in [-0.3, -0.25) is 9.45 Å². The van der Waals surface area contributed by atoms with Crippen LogP contribution in [0.3, 0.4) is 0 Å². The maximum atomic E-state index is 9.19. The molecule has 1 aliphatic heterocycles. The van der Waals surface area contributed by atoms with E-state index in [1.165, 1.54) is 44.2 Å². The molecular weight excluding hydrogens is 352 g/mol. The van der Waals surface area contributed by atoms with Crippen molar-refractivity contribution < 1.29 is 13.0 Å². The molecule has 2 aromatic heterocycles. The lowest BCUT2D eigenvalue weighted by Crippen LogP contribution is -2.32. The molecule has 0 bridgehead atoms. The summed E-state index contributed by atoms with van der Waals surface area (Å²) in [4.78, 5) is 14.0. The van der Waals surface area contributed by atoms with Gasteiger partial charge < -0.3 is 4.98 Å². The molecule has 0 saturated carbocycles.